The number of halogens is 1. The van der Waals surface area contributed by atoms with Crippen LogP contribution in [0.1, 0.15) is 0 Å². The van der Waals surface area contributed by atoms with E-state index in [9.17, 15) is 0 Å². The first-order valence-electron chi connectivity index (χ1n) is 3.06. The summed E-state index contributed by atoms with van der Waals surface area (Å²) >= 11 is 10.1. The smallest absolute Gasteiger partial charge is 0.125 e. The first kappa shape index (κ1) is 8.50. The van der Waals surface area contributed by atoms with Crippen LogP contribution in [0.25, 0.3) is 0 Å². The lowest BCUT2D eigenvalue weighted by atomic mass is 10.3. The van der Waals surface area contributed by atoms with Crippen molar-refractivity contribution in [1.82, 2.24) is 0 Å². The number of hydrogen-bond acceptors (Lipinski definition) is 2. The van der Waals surface area contributed by atoms with Crippen molar-refractivity contribution in [3.8, 4) is 5.75 Å². The second kappa shape index (κ2) is 4.31. The highest BCUT2D eigenvalue weighted by molar-refractivity contribution is 7.79. The predicted octanol–water partition coefficient (Wildman–Crippen LogP) is 2.60. The van der Waals surface area contributed by atoms with Gasteiger partial charge in [-0.25, -0.2) is 0 Å². The molecule has 57 valence electrons. The standard InChI is InChI=1S/C8H6ClOS/c9-7-1-3-8(4-2-7)10-5-6-11/h1-4H,5H2. The minimum absolute atomic E-state index is 0.330. The lowest BCUT2D eigenvalue weighted by molar-refractivity contribution is 0.382. The van der Waals surface area contributed by atoms with Crippen molar-refractivity contribution in [2.45, 2.75) is 0 Å². The average Bonchev–Trinajstić information content (AvgIpc) is 2.04. The van der Waals surface area contributed by atoms with Gasteiger partial charge in [-0.15, -0.1) is 0 Å². The molecule has 0 aliphatic heterocycles. The van der Waals surface area contributed by atoms with Crippen molar-refractivity contribution in [1.29, 1.82) is 0 Å². The zero-order valence-corrected chi connectivity index (χ0v) is 7.28. The monoisotopic (exact) mass is 185 g/mol. The maximum absolute atomic E-state index is 5.65. The number of thiocarbonyl (C=S) groups is 1. The molecule has 1 aromatic rings. The van der Waals surface area contributed by atoms with Gasteiger partial charge in [-0.2, -0.15) is 0 Å². The van der Waals surface area contributed by atoms with E-state index in [0.717, 1.165) is 5.75 Å². The van der Waals surface area contributed by atoms with Crippen LogP contribution in [-0.2, 0) is 0 Å². The summed E-state index contributed by atoms with van der Waals surface area (Å²) < 4.78 is 5.14. The van der Waals surface area contributed by atoms with Gasteiger partial charge in [0.05, 0.1) is 5.37 Å². The molecule has 0 fully saturated rings. The minimum Gasteiger partial charge on any atom is -0.488 e. The normalized spacial score (nSPS) is 9.18. The number of ether oxygens (including phenoxy) is 1. The van der Waals surface area contributed by atoms with E-state index in [0.29, 0.717) is 11.6 Å². The molecule has 1 radical (unpaired) electrons. The van der Waals surface area contributed by atoms with E-state index in [1.165, 1.54) is 0 Å². The van der Waals surface area contributed by atoms with E-state index in [1.807, 2.05) is 0 Å². The molecule has 0 bridgehead atoms. The Morgan fingerprint density at radius 1 is 1.36 bits per heavy atom. The van der Waals surface area contributed by atoms with Crippen LogP contribution in [0.2, 0.25) is 5.02 Å². The molecule has 0 spiro atoms. The Bertz CT molecular complexity index is 232. The van der Waals surface area contributed by atoms with Gasteiger partial charge in [0.1, 0.15) is 12.4 Å². The fraction of sp³-hybridized carbons (Fsp3) is 0.125. The van der Waals surface area contributed by atoms with Crippen molar-refractivity contribution >= 4 is 29.2 Å². The van der Waals surface area contributed by atoms with Crippen LogP contribution in [0.3, 0.4) is 0 Å². The van der Waals surface area contributed by atoms with E-state index >= 15 is 0 Å². The van der Waals surface area contributed by atoms with E-state index < -0.39 is 0 Å². The highest BCUT2D eigenvalue weighted by atomic mass is 35.5. The summed E-state index contributed by atoms with van der Waals surface area (Å²) in [6, 6.07) is 7.10. The van der Waals surface area contributed by atoms with Gasteiger partial charge in [-0.1, -0.05) is 23.8 Å². The molecule has 1 rings (SSSR count). The van der Waals surface area contributed by atoms with Gasteiger partial charge in [0.15, 0.2) is 0 Å². The molecular formula is C8H6ClOS. The highest BCUT2D eigenvalue weighted by Gasteiger charge is 1.90. The second-order valence-electron chi connectivity index (χ2n) is 1.89. The van der Waals surface area contributed by atoms with Gasteiger partial charge in [-0.05, 0) is 24.3 Å². The van der Waals surface area contributed by atoms with Gasteiger partial charge in [-0.3, -0.25) is 0 Å². The highest BCUT2D eigenvalue weighted by Crippen LogP contribution is 2.14. The molecule has 0 aromatic heterocycles. The first-order valence-corrected chi connectivity index (χ1v) is 3.85. The summed E-state index contributed by atoms with van der Waals surface area (Å²) in [5, 5.41) is 3.16. The molecule has 0 saturated carbocycles. The van der Waals surface area contributed by atoms with Crippen LogP contribution in [0.4, 0.5) is 0 Å². The van der Waals surface area contributed by atoms with Crippen molar-refractivity contribution in [2.24, 2.45) is 0 Å². The third-order valence-corrected chi connectivity index (χ3v) is 1.48. The molecule has 0 unspecified atom stereocenters. The molecule has 0 heterocycles. The maximum atomic E-state index is 5.65. The number of rotatable bonds is 3. The van der Waals surface area contributed by atoms with Gasteiger partial charge in [0, 0.05) is 5.02 Å². The quantitative estimate of drug-likeness (QED) is 0.670. The SMILES string of the molecule is S=[C]COc1ccc(Cl)cc1. The fourth-order valence-electron chi connectivity index (χ4n) is 0.644. The molecule has 11 heavy (non-hydrogen) atoms. The van der Waals surface area contributed by atoms with Gasteiger partial charge in [0.2, 0.25) is 0 Å². The van der Waals surface area contributed by atoms with Crippen LogP contribution in [-0.4, -0.2) is 12.0 Å². The predicted molar refractivity (Wildman–Crippen MR) is 49.5 cm³/mol. The summed E-state index contributed by atoms with van der Waals surface area (Å²) in [6.07, 6.45) is 0. The van der Waals surface area contributed by atoms with Gasteiger partial charge >= 0.3 is 0 Å². The molecule has 0 atom stereocenters. The Morgan fingerprint density at radius 2 is 2.00 bits per heavy atom. The largest absolute Gasteiger partial charge is 0.488 e. The fourth-order valence-corrected chi connectivity index (χ4v) is 0.829. The van der Waals surface area contributed by atoms with Crippen molar-refractivity contribution in [2.75, 3.05) is 6.61 Å². The summed E-state index contributed by atoms with van der Waals surface area (Å²) in [4.78, 5) is 0. The van der Waals surface area contributed by atoms with E-state index in [1.54, 1.807) is 24.3 Å². The average molecular weight is 186 g/mol. The van der Waals surface area contributed by atoms with Crippen LogP contribution in [0.15, 0.2) is 24.3 Å². The second-order valence-corrected chi connectivity index (χ2v) is 2.61. The lowest BCUT2D eigenvalue weighted by Crippen LogP contribution is -1.95. The van der Waals surface area contributed by atoms with Gasteiger partial charge in [0.25, 0.3) is 0 Å². The molecule has 0 N–H and O–H groups in total. The third-order valence-electron chi connectivity index (χ3n) is 1.11. The third kappa shape index (κ3) is 2.87. The van der Waals surface area contributed by atoms with E-state index in [4.69, 9.17) is 16.3 Å². The Morgan fingerprint density at radius 3 is 2.55 bits per heavy atom. The molecule has 3 heteroatoms. The lowest BCUT2D eigenvalue weighted by Gasteiger charge is -2.00. The van der Waals surface area contributed by atoms with Crippen molar-refractivity contribution in [3.05, 3.63) is 29.3 Å². The van der Waals surface area contributed by atoms with Crippen LogP contribution in [0, 0.1) is 0 Å². The molecule has 0 amide bonds. The van der Waals surface area contributed by atoms with Crippen LogP contribution in [0.5, 0.6) is 5.75 Å². The zero-order chi connectivity index (χ0) is 8.10. The van der Waals surface area contributed by atoms with Gasteiger partial charge < -0.3 is 4.74 Å². The van der Waals surface area contributed by atoms with Crippen molar-refractivity contribution in [3.63, 3.8) is 0 Å². The molecule has 0 aliphatic rings. The van der Waals surface area contributed by atoms with E-state index in [2.05, 4.69) is 17.6 Å². The first-order chi connectivity index (χ1) is 5.33. The Balaban J connectivity index is 2.58. The number of hydrogen-bond donors (Lipinski definition) is 0. The summed E-state index contributed by atoms with van der Waals surface area (Å²) in [5.41, 5.74) is 0. The molecular weight excluding hydrogens is 180 g/mol. The van der Waals surface area contributed by atoms with Crippen LogP contribution >= 0.6 is 23.8 Å². The molecule has 0 saturated heterocycles. The Labute approximate surface area is 75.9 Å². The Kier molecular flexibility index (Phi) is 3.33. The summed E-state index contributed by atoms with van der Waals surface area (Å²) in [5.74, 6) is 0.756. The molecule has 1 nitrogen and oxygen atoms in total. The molecule has 1 aromatic carbocycles. The maximum Gasteiger partial charge on any atom is 0.125 e. The van der Waals surface area contributed by atoms with E-state index in [-0.39, 0.29) is 0 Å². The summed E-state index contributed by atoms with van der Waals surface area (Å²) in [7, 11) is 0. The summed E-state index contributed by atoms with van der Waals surface area (Å²) in [6.45, 7) is 0.330. The molecule has 0 aliphatic carbocycles. The zero-order valence-electron chi connectivity index (χ0n) is 5.71. The minimum atomic E-state index is 0.330. The van der Waals surface area contributed by atoms with Crippen molar-refractivity contribution < 1.29 is 4.74 Å². The van der Waals surface area contributed by atoms with Crippen LogP contribution < -0.4 is 4.74 Å². The number of benzene rings is 1. The topological polar surface area (TPSA) is 9.23 Å². The Hall–Kier alpha value is -0.600.